The van der Waals surface area contributed by atoms with Crippen molar-refractivity contribution in [3.63, 3.8) is 0 Å². The number of rotatable bonds is 3. The fourth-order valence-corrected chi connectivity index (χ4v) is 2.54. The summed E-state index contributed by atoms with van der Waals surface area (Å²) >= 11 is 0. The van der Waals surface area contributed by atoms with Crippen LogP contribution in [0.1, 0.15) is 23.2 Å². The van der Waals surface area contributed by atoms with Crippen LogP contribution in [0.3, 0.4) is 0 Å². The first-order chi connectivity index (χ1) is 10.1. The SMILES string of the molecule is CN(C)C(=O)N1CCC(CNC(=O)c2ccccc2)CC1. The van der Waals surface area contributed by atoms with Gasteiger partial charge in [0.25, 0.3) is 5.91 Å². The van der Waals surface area contributed by atoms with Gasteiger partial charge in [-0.15, -0.1) is 0 Å². The summed E-state index contributed by atoms with van der Waals surface area (Å²) in [6.07, 6.45) is 1.88. The van der Waals surface area contributed by atoms with E-state index in [2.05, 4.69) is 5.32 Å². The Morgan fingerprint density at radius 3 is 2.38 bits per heavy atom. The molecule has 1 saturated heterocycles. The van der Waals surface area contributed by atoms with Gasteiger partial charge < -0.3 is 15.1 Å². The standard InChI is InChI=1S/C16H23N3O2/c1-18(2)16(21)19-10-8-13(9-11-19)12-17-15(20)14-6-4-3-5-7-14/h3-7,13H,8-12H2,1-2H3,(H,17,20). The highest BCUT2D eigenvalue weighted by Crippen LogP contribution is 2.17. The molecule has 0 bridgehead atoms. The van der Waals surface area contributed by atoms with E-state index in [1.54, 1.807) is 19.0 Å². The summed E-state index contributed by atoms with van der Waals surface area (Å²) in [5.74, 6) is 0.422. The molecule has 1 heterocycles. The molecule has 1 N–H and O–H groups in total. The average molecular weight is 289 g/mol. The van der Waals surface area contributed by atoms with E-state index in [-0.39, 0.29) is 11.9 Å². The molecule has 2 rings (SSSR count). The zero-order valence-corrected chi connectivity index (χ0v) is 12.7. The van der Waals surface area contributed by atoms with Gasteiger partial charge in [-0.3, -0.25) is 4.79 Å². The number of nitrogens with one attached hydrogen (secondary N) is 1. The number of carbonyl (C=O) groups excluding carboxylic acids is 2. The van der Waals surface area contributed by atoms with Gasteiger partial charge in [-0.1, -0.05) is 18.2 Å². The van der Waals surface area contributed by atoms with Crippen LogP contribution in [-0.4, -0.2) is 55.5 Å². The van der Waals surface area contributed by atoms with Crippen LogP contribution in [0.5, 0.6) is 0 Å². The van der Waals surface area contributed by atoms with E-state index in [9.17, 15) is 9.59 Å². The van der Waals surface area contributed by atoms with E-state index >= 15 is 0 Å². The number of urea groups is 1. The Balaban J connectivity index is 1.74. The predicted molar refractivity (Wildman–Crippen MR) is 82.2 cm³/mol. The number of nitrogens with zero attached hydrogens (tertiary/aromatic N) is 2. The van der Waals surface area contributed by atoms with Gasteiger partial charge in [0.05, 0.1) is 0 Å². The van der Waals surface area contributed by atoms with Crippen LogP contribution in [0, 0.1) is 5.92 Å². The average Bonchev–Trinajstić information content (AvgIpc) is 2.53. The maximum atomic E-state index is 12.0. The van der Waals surface area contributed by atoms with Crippen molar-refractivity contribution >= 4 is 11.9 Å². The summed E-state index contributed by atoms with van der Waals surface area (Å²) in [6, 6.07) is 9.32. The summed E-state index contributed by atoms with van der Waals surface area (Å²) in [7, 11) is 3.54. The second-order valence-electron chi connectivity index (χ2n) is 5.68. The molecule has 0 saturated carbocycles. The number of amides is 3. The molecular formula is C16H23N3O2. The van der Waals surface area contributed by atoms with Crippen LogP contribution in [-0.2, 0) is 0 Å². The lowest BCUT2D eigenvalue weighted by molar-refractivity contribution is 0.0935. The smallest absolute Gasteiger partial charge is 0.319 e. The minimum atomic E-state index is -0.0256. The third-order valence-corrected chi connectivity index (χ3v) is 3.85. The van der Waals surface area contributed by atoms with Crippen molar-refractivity contribution in [1.82, 2.24) is 15.1 Å². The van der Waals surface area contributed by atoms with Crippen LogP contribution in [0.2, 0.25) is 0 Å². The molecule has 0 aliphatic carbocycles. The van der Waals surface area contributed by atoms with Crippen molar-refractivity contribution in [2.75, 3.05) is 33.7 Å². The molecule has 0 aromatic heterocycles. The second-order valence-corrected chi connectivity index (χ2v) is 5.68. The molecular weight excluding hydrogens is 266 g/mol. The van der Waals surface area contributed by atoms with E-state index in [0.29, 0.717) is 18.0 Å². The summed E-state index contributed by atoms with van der Waals surface area (Å²) in [4.78, 5) is 27.3. The highest BCUT2D eigenvalue weighted by molar-refractivity contribution is 5.94. The monoisotopic (exact) mass is 289 g/mol. The zero-order chi connectivity index (χ0) is 15.2. The topological polar surface area (TPSA) is 52.7 Å². The fourth-order valence-electron chi connectivity index (χ4n) is 2.54. The molecule has 1 aromatic rings. The third kappa shape index (κ3) is 4.21. The van der Waals surface area contributed by atoms with Crippen molar-refractivity contribution in [3.05, 3.63) is 35.9 Å². The summed E-state index contributed by atoms with van der Waals surface area (Å²) < 4.78 is 0. The lowest BCUT2D eigenvalue weighted by atomic mass is 9.97. The van der Waals surface area contributed by atoms with Crippen molar-refractivity contribution < 1.29 is 9.59 Å². The van der Waals surface area contributed by atoms with Crippen molar-refractivity contribution in [2.45, 2.75) is 12.8 Å². The van der Waals surface area contributed by atoms with E-state index in [1.165, 1.54) is 0 Å². The van der Waals surface area contributed by atoms with Gasteiger partial charge in [-0.25, -0.2) is 4.79 Å². The molecule has 114 valence electrons. The van der Waals surface area contributed by atoms with E-state index < -0.39 is 0 Å². The second kappa shape index (κ2) is 7.11. The molecule has 0 radical (unpaired) electrons. The summed E-state index contributed by atoms with van der Waals surface area (Å²) in [5.41, 5.74) is 0.692. The molecule has 5 heteroatoms. The zero-order valence-electron chi connectivity index (χ0n) is 12.7. The van der Waals surface area contributed by atoms with Crippen LogP contribution in [0.15, 0.2) is 30.3 Å². The first-order valence-electron chi connectivity index (χ1n) is 7.37. The lowest BCUT2D eigenvalue weighted by Gasteiger charge is -2.33. The highest BCUT2D eigenvalue weighted by Gasteiger charge is 2.23. The Kier molecular flexibility index (Phi) is 5.20. The minimum Gasteiger partial charge on any atom is -0.352 e. The van der Waals surface area contributed by atoms with Crippen molar-refractivity contribution in [1.29, 1.82) is 0 Å². The number of likely N-dealkylation sites (tertiary alicyclic amines) is 1. The van der Waals surface area contributed by atoms with Gasteiger partial charge in [-0.2, -0.15) is 0 Å². The van der Waals surface area contributed by atoms with Crippen molar-refractivity contribution in [3.8, 4) is 0 Å². The first kappa shape index (κ1) is 15.4. The lowest BCUT2D eigenvalue weighted by Crippen LogP contribution is -2.45. The molecule has 21 heavy (non-hydrogen) atoms. The molecule has 5 nitrogen and oxygen atoms in total. The van der Waals surface area contributed by atoms with Gasteiger partial charge in [-0.05, 0) is 30.9 Å². The Hall–Kier alpha value is -2.04. The molecule has 1 aliphatic heterocycles. The number of benzene rings is 1. The van der Waals surface area contributed by atoms with Crippen LogP contribution < -0.4 is 5.32 Å². The normalized spacial score (nSPS) is 15.6. The molecule has 0 atom stereocenters. The highest BCUT2D eigenvalue weighted by atomic mass is 16.2. The summed E-state index contributed by atoms with van der Waals surface area (Å²) in [5, 5.41) is 2.98. The Bertz CT molecular complexity index is 480. The maximum absolute atomic E-state index is 12.0. The third-order valence-electron chi connectivity index (χ3n) is 3.85. The predicted octanol–water partition coefficient (Wildman–Crippen LogP) is 1.81. The van der Waals surface area contributed by atoms with Crippen LogP contribution >= 0.6 is 0 Å². The molecule has 1 fully saturated rings. The fraction of sp³-hybridized carbons (Fsp3) is 0.500. The first-order valence-corrected chi connectivity index (χ1v) is 7.37. The number of piperidine rings is 1. The van der Waals surface area contributed by atoms with E-state index in [1.807, 2.05) is 35.2 Å². The van der Waals surface area contributed by atoms with Gasteiger partial charge in [0.15, 0.2) is 0 Å². The maximum Gasteiger partial charge on any atom is 0.319 e. The molecule has 0 spiro atoms. The van der Waals surface area contributed by atoms with Gasteiger partial charge in [0, 0.05) is 39.3 Å². The van der Waals surface area contributed by atoms with Gasteiger partial charge in [0.1, 0.15) is 0 Å². The van der Waals surface area contributed by atoms with Crippen molar-refractivity contribution in [2.24, 2.45) is 5.92 Å². The molecule has 0 unspecified atom stereocenters. The Morgan fingerprint density at radius 2 is 1.81 bits per heavy atom. The molecule has 3 amide bonds. The Morgan fingerprint density at radius 1 is 1.19 bits per heavy atom. The van der Waals surface area contributed by atoms with Crippen LogP contribution in [0.4, 0.5) is 4.79 Å². The number of carbonyl (C=O) groups is 2. The minimum absolute atomic E-state index is 0.0256. The van der Waals surface area contributed by atoms with E-state index in [4.69, 9.17) is 0 Å². The quantitative estimate of drug-likeness (QED) is 0.922. The van der Waals surface area contributed by atoms with Gasteiger partial charge in [0.2, 0.25) is 0 Å². The van der Waals surface area contributed by atoms with Gasteiger partial charge >= 0.3 is 6.03 Å². The number of hydrogen-bond donors (Lipinski definition) is 1. The number of hydrogen-bond acceptors (Lipinski definition) is 2. The van der Waals surface area contributed by atoms with Crippen LogP contribution in [0.25, 0.3) is 0 Å². The van der Waals surface area contributed by atoms with E-state index in [0.717, 1.165) is 25.9 Å². The Labute approximate surface area is 125 Å². The molecule has 1 aromatic carbocycles. The molecule has 1 aliphatic rings. The largest absolute Gasteiger partial charge is 0.352 e. The summed E-state index contributed by atoms with van der Waals surface area (Å²) in [6.45, 7) is 2.21.